The molecule has 11 nitrogen and oxygen atoms in total. The van der Waals surface area contributed by atoms with Crippen molar-refractivity contribution in [3.05, 3.63) is 40.3 Å². The van der Waals surface area contributed by atoms with Crippen molar-refractivity contribution in [1.29, 1.82) is 0 Å². The molecular weight excluding hydrogens is 450 g/mol. The Hall–Kier alpha value is -3.31. The summed E-state index contributed by atoms with van der Waals surface area (Å²) in [6.45, 7) is 6.47. The number of rotatable bonds is 11. The van der Waals surface area contributed by atoms with Gasteiger partial charge >= 0.3 is 5.97 Å². The molecule has 35 heavy (non-hydrogen) atoms. The van der Waals surface area contributed by atoms with E-state index in [0.717, 1.165) is 31.6 Å². The van der Waals surface area contributed by atoms with Crippen molar-refractivity contribution in [2.45, 2.75) is 45.3 Å². The average Bonchev–Trinajstić information content (AvgIpc) is 3.53. The Labute approximate surface area is 205 Å². The van der Waals surface area contributed by atoms with E-state index >= 15 is 0 Å². The minimum absolute atomic E-state index is 0.0399. The fourth-order valence-electron chi connectivity index (χ4n) is 4.48. The SMILES string of the molecule is CCOC(=O)CN(Cc1cccc(CN2CCCC2)c1)c1nc(N[C@@H]2CCOC2)nc(N)c1N=O. The van der Waals surface area contributed by atoms with E-state index in [2.05, 4.69) is 37.5 Å². The first-order valence-corrected chi connectivity index (χ1v) is 12.1. The lowest BCUT2D eigenvalue weighted by Gasteiger charge is -2.25. The van der Waals surface area contributed by atoms with Crippen LogP contribution in [0.4, 0.5) is 23.3 Å². The summed E-state index contributed by atoms with van der Waals surface area (Å²) < 4.78 is 10.6. The van der Waals surface area contributed by atoms with Gasteiger partial charge in [-0.2, -0.15) is 9.97 Å². The molecule has 2 aromatic rings. The van der Waals surface area contributed by atoms with Gasteiger partial charge in [0.25, 0.3) is 0 Å². The Morgan fingerprint density at radius 3 is 2.83 bits per heavy atom. The number of esters is 1. The van der Waals surface area contributed by atoms with Gasteiger partial charge in [0.05, 0.1) is 19.3 Å². The topological polar surface area (TPSA) is 135 Å². The quantitative estimate of drug-likeness (QED) is 0.363. The number of ether oxygens (including phenoxy) is 2. The second kappa shape index (κ2) is 11.9. The molecule has 2 aliphatic heterocycles. The summed E-state index contributed by atoms with van der Waals surface area (Å²) in [5, 5.41) is 6.29. The number of hydrogen-bond acceptors (Lipinski definition) is 11. The predicted molar refractivity (Wildman–Crippen MR) is 133 cm³/mol. The number of nitrogens with one attached hydrogen (secondary N) is 1. The van der Waals surface area contributed by atoms with Crippen molar-refractivity contribution in [1.82, 2.24) is 14.9 Å². The molecule has 2 aliphatic rings. The summed E-state index contributed by atoms with van der Waals surface area (Å²) in [7, 11) is 0. The van der Waals surface area contributed by atoms with E-state index in [0.29, 0.717) is 19.8 Å². The van der Waals surface area contributed by atoms with Gasteiger partial charge in [0.1, 0.15) is 6.54 Å². The normalized spacial score (nSPS) is 17.9. The Morgan fingerprint density at radius 1 is 1.31 bits per heavy atom. The second-order valence-electron chi connectivity index (χ2n) is 8.87. The number of carbonyl (C=O) groups is 1. The highest BCUT2D eigenvalue weighted by Gasteiger charge is 2.24. The standard InChI is InChI=1S/C24H33N7O4/c1-2-35-20(32)15-31(14-18-7-5-6-17(12-18)13-30-9-3-4-10-30)23-21(29-33)22(25)27-24(28-23)26-19-8-11-34-16-19/h5-7,12,19H,2-4,8-11,13-16H2,1H3,(H3,25,26,27,28)/t19-/m1/s1. The highest BCUT2D eigenvalue weighted by Crippen LogP contribution is 2.34. The molecule has 0 amide bonds. The van der Waals surface area contributed by atoms with E-state index in [1.165, 1.54) is 18.4 Å². The van der Waals surface area contributed by atoms with Gasteiger partial charge in [-0.3, -0.25) is 9.69 Å². The molecule has 0 aliphatic carbocycles. The lowest BCUT2D eigenvalue weighted by atomic mass is 10.1. The second-order valence-corrected chi connectivity index (χ2v) is 8.87. The summed E-state index contributed by atoms with van der Waals surface area (Å²) in [6.07, 6.45) is 3.27. The van der Waals surface area contributed by atoms with Crippen LogP contribution >= 0.6 is 0 Å². The highest BCUT2D eigenvalue weighted by atomic mass is 16.5. The van der Waals surface area contributed by atoms with Gasteiger partial charge in [0.2, 0.25) is 5.95 Å². The molecule has 0 saturated carbocycles. The first-order chi connectivity index (χ1) is 17.1. The maximum atomic E-state index is 12.5. The van der Waals surface area contributed by atoms with Crippen LogP contribution in [-0.4, -0.2) is 66.3 Å². The summed E-state index contributed by atoms with van der Waals surface area (Å²) in [4.78, 5) is 37.0. The van der Waals surface area contributed by atoms with Crippen molar-refractivity contribution in [2.75, 3.05) is 55.4 Å². The molecule has 3 N–H and O–H groups in total. The molecule has 0 unspecified atom stereocenters. The van der Waals surface area contributed by atoms with Gasteiger partial charge < -0.3 is 25.4 Å². The number of carbonyl (C=O) groups excluding carboxylic acids is 1. The molecule has 11 heteroatoms. The number of aromatic nitrogens is 2. The van der Waals surface area contributed by atoms with Gasteiger partial charge in [-0.1, -0.05) is 24.3 Å². The molecule has 1 aromatic carbocycles. The third kappa shape index (κ3) is 6.64. The number of benzene rings is 1. The van der Waals surface area contributed by atoms with Crippen LogP contribution in [0.2, 0.25) is 0 Å². The molecular formula is C24H33N7O4. The zero-order valence-corrected chi connectivity index (χ0v) is 20.1. The van der Waals surface area contributed by atoms with E-state index < -0.39 is 5.97 Å². The van der Waals surface area contributed by atoms with Crippen molar-refractivity contribution in [2.24, 2.45) is 5.18 Å². The predicted octanol–water partition coefficient (Wildman–Crippen LogP) is 2.82. The first kappa shape index (κ1) is 24.8. The summed E-state index contributed by atoms with van der Waals surface area (Å²) >= 11 is 0. The van der Waals surface area contributed by atoms with Crippen molar-refractivity contribution in [3.63, 3.8) is 0 Å². The van der Waals surface area contributed by atoms with Crippen LogP contribution < -0.4 is 16.0 Å². The van der Waals surface area contributed by atoms with E-state index in [1.54, 1.807) is 11.8 Å². The summed E-state index contributed by atoms with van der Waals surface area (Å²) in [6, 6.07) is 8.25. The monoisotopic (exact) mass is 483 g/mol. The molecule has 4 rings (SSSR count). The third-order valence-electron chi connectivity index (χ3n) is 6.14. The van der Waals surface area contributed by atoms with Crippen molar-refractivity contribution in [3.8, 4) is 0 Å². The Balaban J connectivity index is 1.62. The third-order valence-corrected chi connectivity index (χ3v) is 6.14. The number of nitrogens with two attached hydrogens (primary N) is 1. The van der Waals surface area contributed by atoms with Gasteiger partial charge in [0.15, 0.2) is 17.3 Å². The molecule has 0 radical (unpaired) electrons. The summed E-state index contributed by atoms with van der Waals surface area (Å²) in [5.74, 6) is -0.0412. The van der Waals surface area contributed by atoms with Crippen molar-refractivity contribution >= 4 is 29.2 Å². The van der Waals surface area contributed by atoms with Crippen LogP contribution in [0.3, 0.4) is 0 Å². The number of hydrogen-bond donors (Lipinski definition) is 2. The molecule has 2 saturated heterocycles. The lowest BCUT2D eigenvalue weighted by Crippen LogP contribution is -2.32. The fraction of sp³-hybridized carbons (Fsp3) is 0.542. The maximum absolute atomic E-state index is 12.5. The number of likely N-dealkylation sites (tertiary alicyclic amines) is 1. The van der Waals surface area contributed by atoms with Gasteiger partial charge in [-0.15, -0.1) is 4.91 Å². The Morgan fingerprint density at radius 2 is 2.11 bits per heavy atom. The van der Waals surface area contributed by atoms with Gasteiger partial charge in [-0.05, 0) is 55.6 Å². The van der Waals surface area contributed by atoms with Crippen LogP contribution in [0.1, 0.15) is 37.3 Å². The summed E-state index contributed by atoms with van der Waals surface area (Å²) in [5.41, 5.74) is 8.14. The number of anilines is 3. The van der Waals surface area contributed by atoms with E-state index in [-0.39, 0.29) is 42.5 Å². The largest absolute Gasteiger partial charge is 0.465 e. The molecule has 1 aromatic heterocycles. The number of nitroso groups, excluding NO2 is 1. The van der Waals surface area contributed by atoms with Crippen LogP contribution in [-0.2, 0) is 27.4 Å². The van der Waals surface area contributed by atoms with E-state index in [4.69, 9.17) is 15.2 Å². The molecule has 2 fully saturated rings. The van der Waals surface area contributed by atoms with Gasteiger partial charge in [-0.25, -0.2) is 0 Å². The van der Waals surface area contributed by atoms with Crippen LogP contribution in [0.5, 0.6) is 0 Å². The minimum atomic E-state index is -0.437. The maximum Gasteiger partial charge on any atom is 0.325 e. The Bertz CT molecular complexity index is 1020. The smallest absolute Gasteiger partial charge is 0.325 e. The first-order valence-electron chi connectivity index (χ1n) is 12.1. The highest BCUT2D eigenvalue weighted by molar-refractivity contribution is 5.80. The molecule has 1 atom stereocenters. The van der Waals surface area contributed by atoms with Crippen molar-refractivity contribution < 1.29 is 14.3 Å². The molecule has 0 spiro atoms. The zero-order valence-electron chi connectivity index (χ0n) is 20.1. The number of nitrogen functional groups attached to an aromatic ring is 1. The molecule has 188 valence electrons. The average molecular weight is 484 g/mol. The molecule has 0 bridgehead atoms. The van der Waals surface area contributed by atoms with E-state index in [9.17, 15) is 9.70 Å². The zero-order chi connectivity index (χ0) is 24.6. The van der Waals surface area contributed by atoms with E-state index in [1.807, 2.05) is 12.1 Å². The molecule has 3 heterocycles. The van der Waals surface area contributed by atoms with Gasteiger partial charge in [0, 0.05) is 19.7 Å². The van der Waals surface area contributed by atoms with Crippen LogP contribution in [0.15, 0.2) is 29.4 Å². The lowest BCUT2D eigenvalue weighted by molar-refractivity contribution is -0.141. The van der Waals surface area contributed by atoms with Crippen LogP contribution in [0, 0.1) is 4.91 Å². The fourth-order valence-corrected chi connectivity index (χ4v) is 4.48. The Kier molecular flexibility index (Phi) is 8.43. The number of nitrogens with zero attached hydrogens (tertiary/aromatic N) is 5. The van der Waals surface area contributed by atoms with Crippen LogP contribution in [0.25, 0.3) is 0 Å². The minimum Gasteiger partial charge on any atom is -0.465 e.